The van der Waals surface area contributed by atoms with Crippen molar-refractivity contribution < 1.29 is 4.74 Å². The fourth-order valence-electron chi connectivity index (χ4n) is 1.79. The second-order valence-corrected chi connectivity index (χ2v) is 4.32. The third kappa shape index (κ3) is 1.64. The SMILES string of the molecule is CC1(C)Cc2ccc(C#N)cc2CO1. The fourth-order valence-corrected chi connectivity index (χ4v) is 1.79. The van der Waals surface area contributed by atoms with Gasteiger partial charge in [0.1, 0.15) is 0 Å². The van der Waals surface area contributed by atoms with Crippen molar-refractivity contribution in [2.75, 3.05) is 0 Å². The molecule has 2 rings (SSSR count). The Morgan fingerprint density at radius 1 is 1.36 bits per heavy atom. The summed E-state index contributed by atoms with van der Waals surface area (Å²) in [4.78, 5) is 0. The summed E-state index contributed by atoms with van der Waals surface area (Å²) < 4.78 is 5.68. The van der Waals surface area contributed by atoms with E-state index in [1.54, 1.807) is 0 Å². The molecule has 0 aromatic heterocycles. The summed E-state index contributed by atoms with van der Waals surface area (Å²) in [7, 11) is 0. The molecule has 0 saturated carbocycles. The molecule has 1 aromatic carbocycles. The van der Waals surface area contributed by atoms with Crippen LogP contribution >= 0.6 is 0 Å². The van der Waals surface area contributed by atoms with Crippen LogP contribution in [-0.4, -0.2) is 5.60 Å². The zero-order valence-electron chi connectivity index (χ0n) is 8.50. The Labute approximate surface area is 84.1 Å². The molecule has 0 spiro atoms. The number of nitriles is 1. The van der Waals surface area contributed by atoms with Gasteiger partial charge in [-0.2, -0.15) is 5.26 Å². The Kier molecular flexibility index (Phi) is 2.05. The molecule has 1 aliphatic heterocycles. The van der Waals surface area contributed by atoms with E-state index in [9.17, 15) is 0 Å². The minimum Gasteiger partial charge on any atom is -0.371 e. The highest BCUT2D eigenvalue weighted by molar-refractivity contribution is 5.39. The van der Waals surface area contributed by atoms with Gasteiger partial charge in [-0.05, 0) is 37.1 Å². The first-order chi connectivity index (χ1) is 6.61. The Morgan fingerprint density at radius 3 is 2.86 bits per heavy atom. The lowest BCUT2D eigenvalue weighted by atomic mass is 9.91. The molecule has 0 bridgehead atoms. The van der Waals surface area contributed by atoms with Crippen molar-refractivity contribution in [2.24, 2.45) is 0 Å². The molecule has 1 heterocycles. The zero-order chi connectivity index (χ0) is 10.2. The van der Waals surface area contributed by atoms with Gasteiger partial charge < -0.3 is 4.74 Å². The van der Waals surface area contributed by atoms with Crippen LogP contribution in [0, 0.1) is 11.3 Å². The highest BCUT2D eigenvalue weighted by Gasteiger charge is 2.25. The first-order valence-electron chi connectivity index (χ1n) is 4.77. The van der Waals surface area contributed by atoms with Crippen LogP contribution in [0.5, 0.6) is 0 Å². The molecule has 0 saturated heterocycles. The van der Waals surface area contributed by atoms with Gasteiger partial charge in [-0.25, -0.2) is 0 Å². The van der Waals surface area contributed by atoms with Crippen LogP contribution in [0.25, 0.3) is 0 Å². The summed E-state index contributed by atoms with van der Waals surface area (Å²) in [5.41, 5.74) is 3.11. The molecule has 1 aromatic rings. The van der Waals surface area contributed by atoms with Crippen molar-refractivity contribution in [3.8, 4) is 6.07 Å². The summed E-state index contributed by atoms with van der Waals surface area (Å²) in [6.07, 6.45) is 0.925. The van der Waals surface area contributed by atoms with Crippen LogP contribution in [0.4, 0.5) is 0 Å². The van der Waals surface area contributed by atoms with Crippen LogP contribution in [0.2, 0.25) is 0 Å². The van der Waals surface area contributed by atoms with Crippen molar-refractivity contribution in [3.05, 3.63) is 34.9 Å². The summed E-state index contributed by atoms with van der Waals surface area (Å²) in [5.74, 6) is 0. The van der Waals surface area contributed by atoms with Gasteiger partial charge in [0.2, 0.25) is 0 Å². The molecule has 72 valence electrons. The second kappa shape index (κ2) is 3.11. The predicted molar refractivity (Wildman–Crippen MR) is 53.7 cm³/mol. The predicted octanol–water partition coefficient (Wildman–Crippen LogP) is 2.41. The van der Waals surface area contributed by atoms with E-state index >= 15 is 0 Å². The van der Waals surface area contributed by atoms with Gasteiger partial charge >= 0.3 is 0 Å². The third-order valence-corrected chi connectivity index (χ3v) is 2.57. The van der Waals surface area contributed by atoms with E-state index in [0.717, 1.165) is 12.0 Å². The van der Waals surface area contributed by atoms with Crippen LogP contribution in [0.3, 0.4) is 0 Å². The number of rotatable bonds is 0. The lowest BCUT2D eigenvalue weighted by molar-refractivity contribution is -0.0400. The van der Waals surface area contributed by atoms with Crippen LogP contribution in [-0.2, 0) is 17.8 Å². The number of benzene rings is 1. The number of fused-ring (bicyclic) bond motifs is 1. The van der Waals surface area contributed by atoms with Crippen molar-refractivity contribution in [1.82, 2.24) is 0 Å². The van der Waals surface area contributed by atoms with Crippen LogP contribution < -0.4 is 0 Å². The molecule has 0 N–H and O–H groups in total. The van der Waals surface area contributed by atoms with Crippen molar-refractivity contribution in [3.63, 3.8) is 0 Å². The van der Waals surface area contributed by atoms with E-state index in [1.807, 2.05) is 18.2 Å². The van der Waals surface area contributed by atoms with Gasteiger partial charge in [-0.15, -0.1) is 0 Å². The molecule has 0 unspecified atom stereocenters. The number of ether oxygens (including phenoxy) is 1. The Bertz CT molecular complexity index is 401. The molecule has 0 amide bonds. The van der Waals surface area contributed by atoms with Gasteiger partial charge in [0, 0.05) is 6.42 Å². The second-order valence-electron chi connectivity index (χ2n) is 4.32. The lowest BCUT2D eigenvalue weighted by Gasteiger charge is -2.31. The average molecular weight is 187 g/mol. The fraction of sp³-hybridized carbons (Fsp3) is 0.417. The molecule has 2 heteroatoms. The summed E-state index contributed by atoms with van der Waals surface area (Å²) in [6, 6.07) is 7.98. The van der Waals surface area contributed by atoms with Crippen LogP contribution in [0.1, 0.15) is 30.5 Å². The molecular formula is C12H13NO. The smallest absolute Gasteiger partial charge is 0.0991 e. The maximum atomic E-state index is 8.75. The molecule has 0 aliphatic carbocycles. The standard InChI is InChI=1S/C12H13NO/c1-12(2)6-10-4-3-9(7-13)5-11(10)8-14-12/h3-5H,6,8H2,1-2H3. The summed E-state index contributed by atoms with van der Waals surface area (Å²) in [5, 5.41) is 8.75. The van der Waals surface area contributed by atoms with Crippen molar-refractivity contribution >= 4 is 0 Å². The first-order valence-corrected chi connectivity index (χ1v) is 4.77. The number of nitrogens with zero attached hydrogens (tertiary/aromatic N) is 1. The third-order valence-electron chi connectivity index (χ3n) is 2.57. The molecule has 0 radical (unpaired) electrons. The highest BCUT2D eigenvalue weighted by atomic mass is 16.5. The summed E-state index contributed by atoms with van der Waals surface area (Å²) >= 11 is 0. The molecule has 0 fully saturated rings. The minimum absolute atomic E-state index is 0.0683. The zero-order valence-corrected chi connectivity index (χ0v) is 8.50. The Morgan fingerprint density at radius 2 is 2.14 bits per heavy atom. The van der Waals surface area contributed by atoms with E-state index in [0.29, 0.717) is 12.2 Å². The number of hydrogen-bond donors (Lipinski definition) is 0. The van der Waals surface area contributed by atoms with Gasteiger partial charge in [0.25, 0.3) is 0 Å². The maximum Gasteiger partial charge on any atom is 0.0991 e. The van der Waals surface area contributed by atoms with E-state index in [2.05, 4.69) is 19.9 Å². The number of hydrogen-bond acceptors (Lipinski definition) is 2. The van der Waals surface area contributed by atoms with E-state index < -0.39 is 0 Å². The van der Waals surface area contributed by atoms with Crippen LogP contribution in [0.15, 0.2) is 18.2 Å². The molecular weight excluding hydrogens is 174 g/mol. The topological polar surface area (TPSA) is 33.0 Å². The normalized spacial score (nSPS) is 18.4. The average Bonchev–Trinajstić information content (AvgIpc) is 2.16. The van der Waals surface area contributed by atoms with Gasteiger partial charge in [0.15, 0.2) is 0 Å². The molecule has 0 atom stereocenters. The van der Waals surface area contributed by atoms with Crippen molar-refractivity contribution in [2.45, 2.75) is 32.5 Å². The summed E-state index contributed by atoms with van der Waals surface area (Å²) in [6.45, 7) is 4.81. The monoisotopic (exact) mass is 187 g/mol. The highest BCUT2D eigenvalue weighted by Crippen LogP contribution is 2.27. The molecule has 2 nitrogen and oxygen atoms in total. The molecule has 14 heavy (non-hydrogen) atoms. The van der Waals surface area contributed by atoms with E-state index in [4.69, 9.17) is 10.00 Å². The lowest BCUT2D eigenvalue weighted by Crippen LogP contribution is -2.31. The minimum atomic E-state index is -0.0683. The van der Waals surface area contributed by atoms with E-state index in [1.165, 1.54) is 5.56 Å². The van der Waals surface area contributed by atoms with Gasteiger partial charge in [-0.3, -0.25) is 0 Å². The van der Waals surface area contributed by atoms with Crippen molar-refractivity contribution in [1.29, 1.82) is 5.26 Å². The first kappa shape index (κ1) is 9.23. The van der Waals surface area contributed by atoms with Gasteiger partial charge in [0.05, 0.1) is 23.8 Å². The molecule has 1 aliphatic rings. The quantitative estimate of drug-likeness (QED) is 0.624. The van der Waals surface area contributed by atoms with Gasteiger partial charge in [-0.1, -0.05) is 6.07 Å². The van der Waals surface area contributed by atoms with E-state index in [-0.39, 0.29) is 5.60 Å². The Hall–Kier alpha value is -1.33. The largest absolute Gasteiger partial charge is 0.371 e. The Balaban J connectivity index is 2.38. The maximum absolute atomic E-state index is 8.75.